The fourth-order valence-electron chi connectivity index (χ4n) is 1.88. The summed E-state index contributed by atoms with van der Waals surface area (Å²) >= 11 is 1.58. The molecular formula is C15H18FN3O2S. The van der Waals surface area contributed by atoms with Gasteiger partial charge in [-0.2, -0.15) is 0 Å². The zero-order chi connectivity index (χ0) is 15.9. The fourth-order valence-corrected chi connectivity index (χ4v) is 2.53. The van der Waals surface area contributed by atoms with Crippen molar-refractivity contribution in [3.63, 3.8) is 0 Å². The van der Waals surface area contributed by atoms with Crippen LogP contribution in [0, 0.1) is 12.7 Å². The van der Waals surface area contributed by atoms with E-state index in [0.717, 1.165) is 10.7 Å². The van der Waals surface area contributed by atoms with Gasteiger partial charge >= 0.3 is 6.03 Å². The number of thiazole rings is 1. The Hall–Kier alpha value is -1.99. The van der Waals surface area contributed by atoms with Gasteiger partial charge in [-0.1, -0.05) is 12.1 Å². The van der Waals surface area contributed by atoms with Crippen molar-refractivity contribution in [3.05, 3.63) is 51.7 Å². The number of amides is 2. The average molecular weight is 323 g/mol. The molecule has 0 saturated heterocycles. The number of rotatable bonds is 6. The summed E-state index contributed by atoms with van der Waals surface area (Å²) in [6.45, 7) is 2.47. The number of benzene rings is 1. The van der Waals surface area contributed by atoms with Gasteiger partial charge in [0.2, 0.25) is 0 Å². The van der Waals surface area contributed by atoms with Crippen molar-refractivity contribution in [2.45, 2.75) is 19.4 Å². The van der Waals surface area contributed by atoms with Crippen molar-refractivity contribution >= 4 is 17.4 Å². The molecule has 0 saturated carbocycles. The molecule has 118 valence electrons. The van der Waals surface area contributed by atoms with E-state index in [1.54, 1.807) is 11.3 Å². The van der Waals surface area contributed by atoms with Gasteiger partial charge in [0, 0.05) is 24.9 Å². The molecule has 3 N–H and O–H groups in total. The van der Waals surface area contributed by atoms with Gasteiger partial charge < -0.3 is 15.7 Å². The SMILES string of the molecule is Cc1nc(CCNC(=O)NC[C@@H](O)c2ccc(F)cc2)cs1. The Kier molecular flexibility index (Phi) is 5.85. The molecule has 0 bridgehead atoms. The van der Waals surface area contributed by atoms with Crippen LogP contribution in [0.5, 0.6) is 0 Å². The maximum absolute atomic E-state index is 12.8. The summed E-state index contributed by atoms with van der Waals surface area (Å²) in [6.07, 6.45) is -0.203. The van der Waals surface area contributed by atoms with E-state index in [9.17, 15) is 14.3 Å². The number of aryl methyl sites for hydroxylation is 1. The minimum atomic E-state index is -0.868. The number of halogens is 1. The Balaban J connectivity index is 1.67. The van der Waals surface area contributed by atoms with Crippen LogP contribution in [-0.2, 0) is 6.42 Å². The Morgan fingerprint density at radius 3 is 2.73 bits per heavy atom. The van der Waals surface area contributed by atoms with Crippen LogP contribution in [0.3, 0.4) is 0 Å². The van der Waals surface area contributed by atoms with Crippen molar-refractivity contribution in [1.82, 2.24) is 15.6 Å². The molecule has 0 radical (unpaired) electrons. The van der Waals surface area contributed by atoms with Crippen molar-refractivity contribution < 1.29 is 14.3 Å². The normalized spacial score (nSPS) is 12.0. The largest absolute Gasteiger partial charge is 0.387 e. The highest BCUT2D eigenvalue weighted by molar-refractivity contribution is 7.09. The lowest BCUT2D eigenvalue weighted by Gasteiger charge is -2.12. The van der Waals surface area contributed by atoms with Crippen LogP contribution < -0.4 is 10.6 Å². The third-order valence-electron chi connectivity index (χ3n) is 3.04. The monoisotopic (exact) mass is 323 g/mol. The molecule has 1 heterocycles. The second-order valence-corrected chi connectivity index (χ2v) is 5.87. The van der Waals surface area contributed by atoms with Crippen LogP contribution in [0.1, 0.15) is 22.4 Å². The van der Waals surface area contributed by atoms with Crippen molar-refractivity contribution in [2.75, 3.05) is 13.1 Å². The predicted molar refractivity (Wildman–Crippen MR) is 83.3 cm³/mol. The number of aromatic nitrogens is 1. The van der Waals surface area contributed by atoms with Gasteiger partial charge in [0.25, 0.3) is 0 Å². The number of hydrogen-bond acceptors (Lipinski definition) is 4. The number of hydrogen-bond donors (Lipinski definition) is 3. The van der Waals surface area contributed by atoms with Gasteiger partial charge in [-0.05, 0) is 24.6 Å². The number of nitrogens with one attached hydrogen (secondary N) is 2. The van der Waals surface area contributed by atoms with Crippen molar-refractivity contribution in [2.24, 2.45) is 0 Å². The lowest BCUT2D eigenvalue weighted by atomic mass is 10.1. The topological polar surface area (TPSA) is 74.2 Å². The van der Waals surface area contributed by atoms with Crippen molar-refractivity contribution in [3.8, 4) is 0 Å². The summed E-state index contributed by atoms with van der Waals surface area (Å²) < 4.78 is 12.8. The highest BCUT2D eigenvalue weighted by atomic mass is 32.1. The molecule has 5 nitrogen and oxygen atoms in total. The second kappa shape index (κ2) is 7.86. The Bertz CT molecular complexity index is 616. The summed E-state index contributed by atoms with van der Waals surface area (Å²) in [4.78, 5) is 15.9. The molecule has 2 amide bonds. The quantitative estimate of drug-likeness (QED) is 0.763. The van der Waals surface area contributed by atoms with E-state index in [1.165, 1.54) is 24.3 Å². The lowest BCUT2D eigenvalue weighted by molar-refractivity contribution is 0.173. The molecule has 0 aliphatic heterocycles. The molecule has 0 fully saturated rings. The summed E-state index contributed by atoms with van der Waals surface area (Å²) in [6, 6.07) is 5.17. The predicted octanol–water partition coefficient (Wildman–Crippen LogP) is 2.17. The Labute approximate surface area is 132 Å². The first-order chi connectivity index (χ1) is 10.5. The molecule has 2 rings (SSSR count). The molecular weight excluding hydrogens is 305 g/mol. The van der Waals surface area contributed by atoms with Gasteiger partial charge in [0.15, 0.2) is 0 Å². The molecule has 1 aromatic heterocycles. The molecule has 7 heteroatoms. The van der Waals surface area contributed by atoms with Crippen LogP contribution in [-0.4, -0.2) is 29.2 Å². The molecule has 0 unspecified atom stereocenters. The minimum absolute atomic E-state index is 0.0628. The van der Waals surface area contributed by atoms with Crippen molar-refractivity contribution in [1.29, 1.82) is 0 Å². The number of aliphatic hydroxyl groups is 1. The average Bonchev–Trinajstić information content (AvgIpc) is 2.91. The number of carbonyl (C=O) groups is 1. The lowest BCUT2D eigenvalue weighted by Crippen LogP contribution is -2.38. The maximum Gasteiger partial charge on any atom is 0.314 e. The molecule has 0 spiro atoms. The first-order valence-corrected chi connectivity index (χ1v) is 7.79. The molecule has 1 aromatic carbocycles. The molecule has 22 heavy (non-hydrogen) atoms. The first-order valence-electron chi connectivity index (χ1n) is 6.91. The highest BCUT2D eigenvalue weighted by Gasteiger charge is 2.09. The van der Waals surface area contributed by atoms with E-state index < -0.39 is 6.10 Å². The zero-order valence-corrected chi connectivity index (χ0v) is 13.0. The smallest absolute Gasteiger partial charge is 0.314 e. The van der Waals surface area contributed by atoms with Gasteiger partial charge in [-0.15, -0.1) is 11.3 Å². The summed E-state index contributed by atoms with van der Waals surface area (Å²) in [5.41, 5.74) is 1.51. The van der Waals surface area contributed by atoms with Crippen LogP contribution in [0.2, 0.25) is 0 Å². The molecule has 0 aliphatic rings. The fraction of sp³-hybridized carbons (Fsp3) is 0.333. The number of urea groups is 1. The summed E-state index contributed by atoms with van der Waals surface area (Å²) in [5.74, 6) is -0.362. The van der Waals surface area contributed by atoms with Gasteiger partial charge in [-0.3, -0.25) is 0 Å². The van der Waals surface area contributed by atoms with E-state index in [2.05, 4.69) is 15.6 Å². The molecule has 1 atom stereocenters. The molecule has 2 aromatic rings. The van der Waals surface area contributed by atoms with Crippen LogP contribution in [0.15, 0.2) is 29.6 Å². The van der Waals surface area contributed by atoms with E-state index in [1.807, 2.05) is 12.3 Å². The third-order valence-corrected chi connectivity index (χ3v) is 3.87. The van der Waals surface area contributed by atoms with E-state index in [0.29, 0.717) is 18.5 Å². The zero-order valence-electron chi connectivity index (χ0n) is 12.2. The molecule has 0 aliphatic carbocycles. The first kappa shape index (κ1) is 16.4. The van der Waals surface area contributed by atoms with Gasteiger partial charge in [-0.25, -0.2) is 14.2 Å². The maximum atomic E-state index is 12.8. The van der Waals surface area contributed by atoms with Crippen LogP contribution >= 0.6 is 11.3 Å². The number of nitrogens with zero attached hydrogens (tertiary/aromatic N) is 1. The van der Waals surface area contributed by atoms with E-state index in [-0.39, 0.29) is 18.4 Å². The number of carbonyl (C=O) groups excluding carboxylic acids is 1. The summed E-state index contributed by atoms with van der Waals surface area (Å²) in [7, 11) is 0. The third kappa shape index (κ3) is 5.09. The highest BCUT2D eigenvalue weighted by Crippen LogP contribution is 2.12. The van der Waals surface area contributed by atoms with Crippen LogP contribution in [0.25, 0.3) is 0 Å². The van der Waals surface area contributed by atoms with E-state index >= 15 is 0 Å². The minimum Gasteiger partial charge on any atom is -0.387 e. The second-order valence-electron chi connectivity index (χ2n) is 4.81. The number of aliphatic hydroxyl groups excluding tert-OH is 1. The van der Waals surface area contributed by atoms with Gasteiger partial charge in [0.05, 0.1) is 16.8 Å². The Morgan fingerprint density at radius 1 is 1.36 bits per heavy atom. The summed E-state index contributed by atoms with van der Waals surface area (Å²) in [5, 5.41) is 18.1. The van der Waals surface area contributed by atoms with Gasteiger partial charge in [0.1, 0.15) is 5.82 Å². The Morgan fingerprint density at radius 2 is 2.09 bits per heavy atom. The van der Waals surface area contributed by atoms with E-state index in [4.69, 9.17) is 0 Å². The standard InChI is InChI=1S/C15H18FN3O2S/c1-10-19-13(9-22-10)6-7-17-15(21)18-8-14(20)11-2-4-12(16)5-3-11/h2-5,9,14,20H,6-8H2,1H3,(H2,17,18,21)/t14-/m1/s1. The van der Waals surface area contributed by atoms with Crippen LogP contribution in [0.4, 0.5) is 9.18 Å².